The van der Waals surface area contributed by atoms with Gasteiger partial charge in [-0.15, -0.1) is 0 Å². The Morgan fingerprint density at radius 3 is 2.75 bits per heavy atom. The van der Waals surface area contributed by atoms with Gasteiger partial charge in [0.15, 0.2) is 11.9 Å². The summed E-state index contributed by atoms with van der Waals surface area (Å²) in [5, 5.41) is 13.0. The highest BCUT2D eigenvalue weighted by Gasteiger charge is 2.38. The van der Waals surface area contributed by atoms with Crippen LogP contribution in [0, 0.1) is 0 Å². The molecule has 0 aliphatic carbocycles. The molecule has 2 aromatic rings. The van der Waals surface area contributed by atoms with Crippen molar-refractivity contribution in [1.29, 1.82) is 0 Å². The van der Waals surface area contributed by atoms with Crippen molar-refractivity contribution in [2.45, 2.75) is 31.7 Å². The Labute approximate surface area is 112 Å². The van der Waals surface area contributed by atoms with E-state index >= 15 is 0 Å². The molecule has 108 valence electrons. The van der Waals surface area contributed by atoms with Gasteiger partial charge in [-0.2, -0.15) is 18.3 Å². The molecule has 1 aliphatic rings. The quantitative estimate of drug-likeness (QED) is 0.873. The molecule has 1 aromatic heterocycles. The highest BCUT2D eigenvalue weighted by molar-refractivity contribution is 5.84. The fourth-order valence-corrected chi connectivity index (χ4v) is 2.47. The average molecular weight is 286 g/mol. The second-order valence-corrected chi connectivity index (χ2v) is 4.81. The normalized spacial score (nSPS) is 20.4. The maximum Gasteiger partial charge on any atom is 0.435 e. The van der Waals surface area contributed by atoms with E-state index in [-0.39, 0.29) is 11.1 Å². The molecule has 0 saturated carbocycles. The number of benzene rings is 1. The minimum Gasteiger partial charge on any atom is -0.508 e. The second kappa shape index (κ2) is 4.66. The maximum absolute atomic E-state index is 13.0. The number of fused-ring (bicyclic) bond motifs is 1. The highest BCUT2D eigenvalue weighted by atomic mass is 19.4. The summed E-state index contributed by atoms with van der Waals surface area (Å²) in [6.45, 7) is 0.519. The van der Waals surface area contributed by atoms with Gasteiger partial charge in [-0.05, 0) is 37.5 Å². The van der Waals surface area contributed by atoms with Crippen LogP contribution >= 0.6 is 0 Å². The summed E-state index contributed by atoms with van der Waals surface area (Å²) in [5.41, 5.74) is -0.667. The Balaban J connectivity index is 2.17. The predicted molar refractivity (Wildman–Crippen MR) is 65.2 cm³/mol. The van der Waals surface area contributed by atoms with Crippen LogP contribution in [0.15, 0.2) is 18.2 Å². The van der Waals surface area contributed by atoms with E-state index in [0.717, 1.165) is 18.9 Å². The van der Waals surface area contributed by atoms with Crippen LogP contribution in [0.4, 0.5) is 13.2 Å². The van der Waals surface area contributed by atoms with Gasteiger partial charge in [0.1, 0.15) is 5.75 Å². The summed E-state index contributed by atoms with van der Waals surface area (Å²) in [4.78, 5) is 0. The first-order valence-electron chi connectivity index (χ1n) is 6.37. The molecule has 1 aliphatic heterocycles. The molecule has 2 heterocycles. The third-order valence-electron chi connectivity index (χ3n) is 3.39. The number of hydrogen-bond acceptors (Lipinski definition) is 3. The first-order valence-corrected chi connectivity index (χ1v) is 6.37. The van der Waals surface area contributed by atoms with Crippen LogP contribution < -0.4 is 0 Å². The molecule has 1 N–H and O–H groups in total. The van der Waals surface area contributed by atoms with Crippen molar-refractivity contribution in [3.8, 4) is 5.75 Å². The predicted octanol–water partition coefficient (Wildman–Crippen LogP) is 3.46. The van der Waals surface area contributed by atoms with E-state index in [1.165, 1.54) is 16.8 Å². The lowest BCUT2D eigenvalue weighted by molar-refractivity contribution is -0.141. The lowest BCUT2D eigenvalue weighted by atomic mass is 10.1. The average Bonchev–Trinajstić information content (AvgIpc) is 2.78. The third kappa shape index (κ3) is 2.22. The van der Waals surface area contributed by atoms with E-state index < -0.39 is 18.1 Å². The summed E-state index contributed by atoms with van der Waals surface area (Å²) >= 11 is 0. The van der Waals surface area contributed by atoms with Crippen LogP contribution in [0.2, 0.25) is 0 Å². The van der Waals surface area contributed by atoms with E-state index in [2.05, 4.69) is 5.10 Å². The van der Waals surface area contributed by atoms with Gasteiger partial charge in [0.05, 0.1) is 5.52 Å². The molecule has 4 nitrogen and oxygen atoms in total. The van der Waals surface area contributed by atoms with Gasteiger partial charge in [-0.25, -0.2) is 4.68 Å². The second-order valence-electron chi connectivity index (χ2n) is 4.81. The molecule has 1 atom stereocenters. The van der Waals surface area contributed by atoms with Gasteiger partial charge in [-0.3, -0.25) is 0 Å². The van der Waals surface area contributed by atoms with E-state index in [9.17, 15) is 18.3 Å². The van der Waals surface area contributed by atoms with Gasteiger partial charge in [0.25, 0.3) is 0 Å². The van der Waals surface area contributed by atoms with Crippen molar-refractivity contribution in [2.75, 3.05) is 6.61 Å². The molecular formula is C13H13F3N2O2. The molecule has 20 heavy (non-hydrogen) atoms. The Morgan fingerprint density at radius 2 is 2.10 bits per heavy atom. The highest BCUT2D eigenvalue weighted by Crippen LogP contribution is 2.37. The Kier molecular flexibility index (Phi) is 3.08. The van der Waals surface area contributed by atoms with Crippen LogP contribution in [0.5, 0.6) is 5.75 Å². The number of phenols is 1. The Morgan fingerprint density at radius 1 is 1.30 bits per heavy atom. The molecule has 1 fully saturated rings. The zero-order chi connectivity index (χ0) is 14.3. The maximum atomic E-state index is 13.0. The summed E-state index contributed by atoms with van der Waals surface area (Å²) in [6.07, 6.45) is -2.61. The summed E-state index contributed by atoms with van der Waals surface area (Å²) in [5.74, 6) is -0.216. The van der Waals surface area contributed by atoms with E-state index in [4.69, 9.17) is 4.74 Å². The topological polar surface area (TPSA) is 47.3 Å². The number of halogens is 3. The standard InChI is InChI=1S/C13H13F3N2O2/c14-13(15,16)12-9-7-8(19)4-5-10(9)18(17-12)11-3-1-2-6-20-11/h4-5,7,11,19H,1-3,6H2/t11-/m0/s1. The van der Waals surface area contributed by atoms with Gasteiger partial charge in [0, 0.05) is 12.0 Å². The molecule has 0 spiro atoms. The van der Waals surface area contributed by atoms with Crippen molar-refractivity contribution in [3.05, 3.63) is 23.9 Å². The summed E-state index contributed by atoms with van der Waals surface area (Å²) in [7, 11) is 0. The van der Waals surface area contributed by atoms with Crippen LogP contribution in [-0.4, -0.2) is 21.5 Å². The first kappa shape index (κ1) is 13.2. The van der Waals surface area contributed by atoms with E-state index in [1.54, 1.807) is 0 Å². The van der Waals surface area contributed by atoms with Crippen LogP contribution in [-0.2, 0) is 10.9 Å². The number of nitrogens with zero attached hydrogens (tertiary/aromatic N) is 2. The van der Waals surface area contributed by atoms with Crippen molar-refractivity contribution in [2.24, 2.45) is 0 Å². The van der Waals surface area contributed by atoms with Crippen molar-refractivity contribution in [1.82, 2.24) is 9.78 Å². The Hall–Kier alpha value is -1.76. The largest absolute Gasteiger partial charge is 0.508 e. The summed E-state index contributed by atoms with van der Waals surface area (Å²) < 4.78 is 45.9. The number of rotatable bonds is 1. The monoisotopic (exact) mass is 286 g/mol. The van der Waals surface area contributed by atoms with Crippen LogP contribution in [0.3, 0.4) is 0 Å². The number of alkyl halides is 3. The minimum absolute atomic E-state index is 0.105. The Bertz CT molecular complexity index is 630. The molecule has 3 rings (SSSR count). The van der Waals surface area contributed by atoms with Gasteiger partial charge in [-0.1, -0.05) is 0 Å². The SMILES string of the molecule is Oc1ccc2c(c1)c(C(F)(F)F)nn2[C@@H]1CCCCO1. The number of aromatic nitrogens is 2. The van der Waals surface area contributed by atoms with Crippen molar-refractivity contribution < 1.29 is 23.0 Å². The lowest BCUT2D eigenvalue weighted by Crippen LogP contribution is -2.19. The molecule has 1 saturated heterocycles. The van der Waals surface area contributed by atoms with Crippen molar-refractivity contribution >= 4 is 10.9 Å². The molecular weight excluding hydrogens is 273 g/mol. The fraction of sp³-hybridized carbons (Fsp3) is 0.462. The smallest absolute Gasteiger partial charge is 0.435 e. The molecule has 1 aromatic carbocycles. The zero-order valence-corrected chi connectivity index (χ0v) is 10.5. The van der Waals surface area contributed by atoms with Gasteiger partial charge < -0.3 is 9.84 Å². The van der Waals surface area contributed by atoms with Crippen LogP contribution in [0.1, 0.15) is 31.2 Å². The minimum atomic E-state index is -4.56. The number of aromatic hydroxyl groups is 1. The molecule has 0 amide bonds. The molecule has 0 radical (unpaired) electrons. The number of ether oxygens (including phenoxy) is 1. The molecule has 0 bridgehead atoms. The fourth-order valence-electron chi connectivity index (χ4n) is 2.47. The van der Waals surface area contributed by atoms with E-state index in [0.29, 0.717) is 18.5 Å². The van der Waals surface area contributed by atoms with Gasteiger partial charge >= 0.3 is 6.18 Å². The van der Waals surface area contributed by atoms with E-state index in [1.807, 2.05) is 0 Å². The van der Waals surface area contributed by atoms with Gasteiger partial charge in [0.2, 0.25) is 0 Å². The molecule has 7 heteroatoms. The lowest BCUT2D eigenvalue weighted by Gasteiger charge is -2.23. The van der Waals surface area contributed by atoms with Crippen molar-refractivity contribution in [3.63, 3.8) is 0 Å². The number of hydrogen-bond donors (Lipinski definition) is 1. The third-order valence-corrected chi connectivity index (χ3v) is 3.39. The van der Waals surface area contributed by atoms with Crippen LogP contribution in [0.25, 0.3) is 10.9 Å². The summed E-state index contributed by atoms with van der Waals surface area (Å²) in [6, 6.07) is 3.87. The first-order chi connectivity index (χ1) is 9.47. The molecule has 0 unspecified atom stereocenters. The zero-order valence-electron chi connectivity index (χ0n) is 10.5. The number of phenolic OH excluding ortho intramolecular Hbond substituents is 1.